The molecule has 6 nitrogen and oxygen atoms in total. The third kappa shape index (κ3) is 2.91. The van der Waals surface area contributed by atoms with Gasteiger partial charge in [0.25, 0.3) is 0 Å². The van der Waals surface area contributed by atoms with Crippen molar-refractivity contribution < 1.29 is 9.63 Å². The fourth-order valence-corrected chi connectivity index (χ4v) is 1.93. The zero-order chi connectivity index (χ0) is 14.0. The summed E-state index contributed by atoms with van der Waals surface area (Å²) in [5, 5.41) is 14.2. The standard InChI is InChI=1S/C13H18N4O2/c1-8-4-9(7-17(2)3)12(18)10(5-8)13-15-11(6-14)19-16-13/h4-5,18H,6-7,14H2,1-3H3. The fraction of sp³-hybridized carbons (Fsp3) is 0.385. The van der Waals surface area contributed by atoms with Gasteiger partial charge in [-0.25, -0.2) is 0 Å². The quantitative estimate of drug-likeness (QED) is 0.862. The van der Waals surface area contributed by atoms with Gasteiger partial charge in [-0.1, -0.05) is 11.2 Å². The van der Waals surface area contributed by atoms with Gasteiger partial charge in [0.2, 0.25) is 11.7 Å². The number of benzene rings is 1. The molecule has 0 saturated carbocycles. The number of aromatic nitrogens is 2. The van der Waals surface area contributed by atoms with Crippen molar-refractivity contribution in [1.82, 2.24) is 15.0 Å². The Bertz CT molecular complexity index is 578. The van der Waals surface area contributed by atoms with E-state index in [4.69, 9.17) is 10.3 Å². The molecule has 0 radical (unpaired) electrons. The van der Waals surface area contributed by atoms with E-state index in [0.717, 1.165) is 11.1 Å². The first-order valence-electron chi connectivity index (χ1n) is 6.01. The summed E-state index contributed by atoms with van der Waals surface area (Å²) in [5.41, 5.74) is 7.87. The first-order valence-corrected chi connectivity index (χ1v) is 6.01. The van der Waals surface area contributed by atoms with Crippen molar-refractivity contribution in [2.75, 3.05) is 14.1 Å². The number of aryl methyl sites for hydroxylation is 1. The molecule has 0 fully saturated rings. The minimum atomic E-state index is 0.184. The molecule has 0 amide bonds. The van der Waals surface area contributed by atoms with E-state index >= 15 is 0 Å². The minimum Gasteiger partial charge on any atom is -0.507 e. The van der Waals surface area contributed by atoms with Crippen LogP contribution in [-0.4, -0.2) is 34.2 Å². The lowest BCUT2D eigenvalue weighted by atomic mass is 10.0. The van der Waals surface area contributed by atoms with Crippen LogP contribution in [0.5, 0.6) is 5.75 Å². The highest BCUT2D eigenvalue weighted by atomic mass is 16.5. The van der Waals surface area contributed by atoms with Gasteiger partial charge in [0.15, 0.2) is 0 Å². The molecule has 6 heteroatoms. The molecule has 0 atom stereocenters. The second kappa shape index (κ2) is 5.38. The first-order chi connectivity index (χ1) is 9.01. The van der Waals surface area contributed by atoms with E-state index in [1.54, 1.807) is 0 Å². The summed E-state index contributed by atoms with van der Waals surface area (Å²) in [5.74, 6) is 0.899. The van der Waals surface area contributed by atoms with Gasteiger partial charge in [-0.05, 0) is 32.6 Å². The van der Waals surface area contributed by atoms with E-state index < -0.39 is 0 Å². The zero-order valence-electron chi connectivity index (χ0n) is 11.3. The Balaban J connectivity index is 2.47. The average Bonchev–Trinajstić information content (AvgIpc) is 2.81. The second-order valence-corrected chi connectivity index (χ2v) is 4.77. The van der Waals surface area contributed by atoms with Gasteiger partial charge in [-0.2, -0.15) is 4.98 Å². The zero-order valence-corrected chi connectivity index (χ0v) is 11.3. The van der Waals surface area contributed by atoms with Gasteiger partial charge in [-0.3, -0.25) is 0 Å². The predicted octanol–water partition coefficient (Wildman–Crippen LogP) is 1.27. The maximum absolute atomic E-state index is 10.3. The van der Waals surface area contributed by atoms with Crippen LogP contribution in [0.1, 0.15) is 17.0 Å². The molecule has 1 aromatic carbocycles. The largest absolute Gasteiger partial charge is 0.507 e. The van der Waals surface area contributed by atoms with E-state index in [1.165, 1.54) is 0 Å². The number of hydrogen-bond donors (Lipinski definition) is 2. The molecule has 2 aromatic rings. The van der Waals surface area contributed by atoms with E-state index in [9.17, 15) is 5.11 Å². The Morgan fingerprint density at radius 1 is 1.37 bits per heavy atom. The van der Waals surface area contributed by atoms with Crippen molar-refractivity contribution in [1.29, 1.82) is 0 Å². The van der Waals surface area contributed by atoms with Gasteiger partial charge < -0.3 is 20.3 Å². The number of nitrogens with zero attached hydrogens (tertiary/aromatic N) is 3. The molecule has 0 saturated heterocycles. The van der Waals surface area contributed by atoms with Crippen LogP contribution in [-0.2, 0) is 13.1 Å². The Morgan fingerprint density at radius 3 is 2.68 bits per heavy atom. The molecule has 1 heterocycles. The topological polar surface area (TPSA) is 88.4 Å². The SMILES string of the molecule is Cc1cc(CN(C)C)c(O)c(-c2noc(CN)n2)c1. The van der Waals surface area contributed by atoms with Crippen LogP contribution in [0.2, 0.25) is 0 Å². The summed E-state index contributed by atoms with van der Waals surface area (Å²) < 4.78 is 4.98. The lowest BCUT2D eigenvalue weighted by Gasteiger charge is -2.13. The third-order valence-electron chi connectivity index (χ3n) is 2.70. The molecule has 0 aliphatic carbocycles. The van der Waals surface area contributed by atoms with Gasteiger partial charge in [0, 0.05) is 12.1 Å². The average molecular weight is 262 g/mol. The van der Waals surface area contributed by atoms with Crippen molar-refractivity contribution in [3.63, 3.8) is 0 Å². The molecular weight excluding hydrogens is 244 g/mol. The van der Waals surface area contributed by atoms with E-state index in [-0.39, 0.29) is 12.3 Å². The van der Waals surface area contributed by atoms with Crippen LogP contribution in [0, 0.1) is 6.92 Å². The van der Waals surface area contributed by atoms with Gasteiger partial charge in [0.1, 0.15) is 5.75 Å². The molecule has 102 valence electrons. The maximum atomic E-state index is 10.3. The number of nitrogens with two attached hydrogens (primary N) is 1. The summed E-state index contributed by atoms with van der Waals surface area (Å²) in [7, 11) is 3.89. The number of phenols is 1. The predicted molar refractivity (Wildman–Crippen MR) is 71.4 cm³/mol. The fourth-order valence-electron chi connectivity index (χ4n) is 1.93. The smallest absolute Gasteiger partial charge is 0.240 e. The van der Waals surface area contributed by atoms with Gasteiger partial charge in [-0.15, -0.1) is 0 Å². The molecule has 0 spiro atoms. The monoisotopic (exact) mass is 262 g/mol. The molecule has 0 bridgehead atoms. The van der Waals surface area contributed by atoms with Crippen molar-refractivity contribution in [3.05, 3.63) is 29.2 Å². The van der Waals surface area contributed by atoms with Gasteiger partial charge in [0.05, 0.1) is 12.1 Å². The summed E-state index contributed by atoms with van der Waals surface area (Å²) in [4.78, 5) is 6.13. The highest BCUT2D eigenvalue weighted by Gasteiger charge is 2.16. The molecule has 2 rings (SSSR count). The summed E-state index contributed by atoms with van der Waals surface area (Å²) in [6.45, 7) is 2.79. The molecule has 0 aliphatic heterocycles. The van der Waals surface area contributed by atoms with E-state index in [2.05, 4.69) is 10.1 Å². The van der Waals surface area contributed by atoms with Crippen molar-refractivity contribution >= 4 is 0 Å². The molecular formula is C13H18N4O2. The lowest BCUT2D eigenvalue weighted by molar-refractivity contribution is 0.379. The first kappa shape index (κ1) is 13.5. The van der Waals surface area contributed by atoms with Crippen molar-refractivity contribution in [2.45, 2.75) is 20.0 Å². The number of hydrogen-bond acceptors (Lipinski definition) is 6. The van der Waals surface area contributed by atoms with E-state index in [0.29, 0.717) is 23.8 Å². The maximum Gasteiger partial charge on any atom is 0.240 e. The van der Waals surface area contributed by atoms with Crippen molar-refractivity contribution in [3.8, 4) is 17.1 Å². The number of rotatable bonds is 4. The molecule has 1 aromatic heterocycles. The molecule has 19 heavy (non-hydrogen) atoms. The van der Waals surface area contributed by atoms with E-state index in [1.807, 2.05) is 38.1 Å². The molecule has 0 aliphatic rings. The minimum absolute atomic E-state index is 0.184. The Labute approximate surface area is 111 Å². The summed E-state index contributed by atoms with van der Waals surface area (Å²) in [6.07, 6.45) is 0. The Hall–Kier alpha value is -1.92. The molecule has 3 N–H and O–H groups in total. The van der Waals surface area contributed by atoms with Crippen LogP contribution in [0.15, 0.2) is 16.7 Å². The molecule has 0 unspecified atom stereocenters. The van der Waals surface area contributed by atoms with Crippen LogP contribution in [0.3, 0.4) is 0 Å². The number of phenolic OH excluding ortho intramolecular Hbond substituents is 1. The van der Waals surface area contributed by atoms with Crippen LogP contribution >= 0.6 is 0 Å². The summed E-state index contributed by atoms with van der Waals surface area (Å²) in [6, 6.07) is 3.78. The Morgan fingerprint density at radius 2 is 2.11 bits per heavy atom. The summed E-state index contributed by atoms with van der Waals surface area (Å²) >= 11 is 0. The normalized spacial score (nSPS) is 11.2. The van der Waals surface area contributed by atoms with Crippen LogP contribution in [0.4, 0.5) is 0 Å². The highest BCUT2D eigenvalue weighted by molar-refractivity contribution is 5.66. The highest BCUT2D eigenvalue weighted by Crippen LogP contribution is 2.32. The third-order valence-corrected chi connectivity index (χ3v) is 2.70. The van der Waals surface area contributed by atoms with Crippen molar-refractivity contribution in [2.24, 2.45) is 5.73 Å². The Kier molecular flexibility index (Phi) is 3.82. The second-order valence-electron chi connectivity index (χ2n) is 4.77. The lowest BCUT2D eigenvalue weighted by Crippen LogP contribution is -2.11. The van der Waals surface area contributed by atoms with Crippen LogP contribution in [0.25, 0.3) is 11.4 Å². The van der Waals surface area contributed by atoms with Crippen LogP contribution < -0.4 is 5.73 Å². The van der Waals surface area contributed by atoms with Gasteiger partial charge >= 0.3 is 0 Å². The number of aromatic hydroxyl groups is 1.